The molecule has 1 amide bonds. The molecule has 1 atom stereocenters. The largest absolute Gasteiger partial charge is 0.364 e. The number of nitriles is 1. The van der Waals surface area contributed by atoms with Crippen LogP contribution in [-0.4, -0.2) is 10.9 Å². The highest BCUT2D eigenvalue weighted by molar-refractivity contribution is 5.88. The van der Waals surface area contributed by atoms with E-state index < -0.39 is 0 Å². The van der Waals surface area contributed by atoms with Gasteiger partial charge in [0.15, 0.2) is 0 Å². The van der Waals surface area contributed by atoms with E-state index in [0.717, 1.165) is 11.3 Å². The quantitative estimate of drug-likeness (QED) is 0.902. The molecule has 1 unspecified atom stereocenters. The van der Waals surface area contributed by atoms with Gasteiger partial charge >= 0.3 is 0 Å². The summed E-state index contributed by atoms with van der Waals surface area (Å²) in [5.41, 5.74) is 2.15. The highest BCUT2D eigenvalue weighted by Crippen LogP contribution is 2.21. The summed E-state index contributed by atoms with van der Waals surface area (Å²) in [6.07, 6.45) is 0. The van der Waals surface area contributed by atoms with Crippen LogP contribution in [0.5, 0.6) is 0 Å². The van der Waals surface area contributed by atoms with E-state index in [1.165, 1.54) is 6.92 Å². The first kappa shape index (κ1) is 14.5. The number of rotatable bonds is 4. The second-order valence-corrected chi connectivity index (χ2v) is 4.69. The molecule has 0 bridgehead atoms. The highest BCUT2D eigenvalue weighted by atomic mass is 16.1. The lowest BCUT2D eigenvalue weighted by atomic mass is 10.1. The predicted octanol–water partition coefficient (Wildman–Crippen LogP) is 3.08. The van der Waals surface area contributed by atoms with E-state index in [2.05, 4.69) is 15.6 Å². The second kappa shape index (κ2) is 6.53. The van der Waals surface area contributed by atoms with Crippen LogP contribution in [-0.2, 0) is 4.79 Å². The molecule has 106 valence electrons. The molecule has 0 aliphatic carbocycles. The lowest BCUT2D eigenvalue weighted by molar-refractivity contribution is -0.114. The van der Waals surface area contributed by atoms with E-state index in [9.17, 15) is 4.79 Å². The van der Waals surface area contributed by atoms with Crippen molar-refractivity contribution in [1.82, 2.24) is 4.98 Å². The minimum atomic E-state index is -0.101. The highest BCUT2D eigenvalue weighted by Gasteiger charge is 2.07. The van der Waals surface area contributed by atoms with Crippen molar-refractivity contribution in [3.8, 4) is 6.07 Å². The van der Waals surface area contributed by atoms with Gasteiger partial charge in [-0.05, 0) is 36.8 Å². The maximum atomic E-state index is 11.1. The molecule has 0 aliphatic rings. The van der Waals surface area contributed by atoms with Crippen molar-refractivity contribution in [2.45, 2.75) is 19.9 Å². The molecule has 0 saturated carbocycles. The van der Waals surface area contributed by atoms with Crippen molar-refractivity contribution in [2.75, 3.05) is 10.6 Å². The zero-order chi connectivity index (χ0) is 15.2. The summed E-state index contributed by atoms with van der Waals surface area (Å²) >= 11 is 0. The molecule has 0 radical (unpaired) electrons. The molecule has 0 aliphatic heterocycles. The van der Waals surface area contributed by atoms with Gasteiger partial charge in [-0.1, -0.05) is 18.2 Å². The molecular formula is C16H16N4O. The molecule has 5 heteroatoms. The normalized spacial score (nSPS) is 11.3. The average Bonchev–Trinajstić information content (AvgIpc) is 2.47. The van der Waals surface area contributed by atoms with Gasteiger partial charge in [0.1, 0.15) is 17.6 Å². The Morgan fingerprint density at radius 1 is 1.29 bits per heavy atom. The van der Waals surface area contributed by atoms with E-state index >= 15 is 0 Å². The fourth-order valence-corrected chi connectivity index (χ4v) is 1.97. The van der Waals surface area contributed by atoms with Crippen LogP contribution in [0, 0.1) is 11.3 Å². The van der Waals surface area contributed by atoms with Crippen LogP contribution in [0.3, 0.4) is 0 Å². The van der Waals surface area contributed by atoms with Crippen molar-refractivity contribution in [2.24, 2.45) is 0 Å². The number of amides is 1. The number of carbonyl (C=O) groups excluding carboxylic acids is 1. The molecule has 5 nitrogen and oxygen atoms in total. The number of hydrogen-bond donors (Lipinski definition) is 2. The maximum absolute atomic E-state index is 11.1. The van der Waals surface area contributed by atoms with Gasteiger partial charge in [0.2, 0.25) is 5.91 Å². The monoisotopic (exact) mass is 280 g/mol. The molecule has 1 aromatic carbocycles. The Hall–Kier alpha value is -2.87. The Morgan fingerprint density at radius 3 is 2.76 bits per heavy atom. The number of nitrogens with one attached hydrogen (secondary N) is 2. The Balaban J connectivity index is 2.14. The number of pyridine rings is 1. The molecule has 2 aromatic rings. The van der Waals surface area contributed by atoms with E-state index in [1.807, 2.05) is 43.3 Å². The van der Waals surface area contributed by atoms with Gasteiger partial charge < -0.3 is 10.6 Å². The molecule has 1 heterocycles. The number of hydrogen-bond acceptors (Lipinski definition) is 4. The fraction of sp³-hybridized carbons (Fsp3) is 0.188. The van der Waals surface area contributed by atoms with E-state index in [0.29, 0.717) is 11.5 Å². The van der Waals surface area contributed by atoms with Crippen LogP contribution in [0.15, 0.2) is 42.5 Å². The first-order chi connectivity index (χ1) is 10.1. The number of benzene rings is 1. The van der Waals surface area contributed by atoms with Crippen LogP contribution in [0.4, 0.5) is 11.5 Å². The zero-order valence-corrected chi connectivity index (χ0v) is 11.9. The maximum Gasteiger partial charge on any atom is 0.221 e. The number of nitrogens with zero attached hydrogens (tertiary/aromatic N) is 2. The lowest BCUT2D eigenvalue weighted by Gasteiger charge is -2.16. The Bertz CT molecular complexity index is 691. The molecule has 1 aromatic heterocycles. The summed E-state index contributed by atoms with van der Waals surface area (Å²) in [5, 5.41) is 14.8. The van der Waals surface area contributed by atoms with Crippen molar-refractivity contribution in [1.29, 1.82) is 5.26 Å². The van der Waals surface area contributed by atoms with Crippen LogP contribution in [0.2, 0.25) is 0 Å². The molecular weight excluding hydrogens is 264 g/mol. The minimum absolute atomic E-state index is 0.000140. The van der Waals surface area contributed by atoms with E-state index in [-0.39, 0.29) is 11.9 Å². The Kier molecular flexibility index (Phi) is 4.52. The predicted molar refractivity (Wildman–Crippen MR) is 81.7 cm³/mol. The third-order valence-corrected chi connectivity index (χ3v) is 2.94. The van der Waals surface area contributed by atoms with Gasteiger partial charge in [0, 0.05) is 12.6 Å². The van der Waals surface area contributed by atoms with Gasteiger partial charge in [-0.15, -0.1) is 0 Å². The van der Waals surface area contributed by atoms with Gasteiger partial charge in [0.05, 0.1) is 6.04 Å². The summed E-state index contributed by atoms with van der Waals surface area (Å²) < 4.78 is 0. The molecule has 2 rings (SSSR count). The SMILES string of the molecule is CC(=O)Nc1cccc(C(C)Nc2cccc(C#N)n2)c1. The Labute approximate surface area is 123 Å². The van der Waals surface area contributed by atoms with Crippen molar-refractivity contribution in [3.63, 3.8) is 0 Å². The minimum Gasteiger partial charge on any atom is -0.364 e. The summed E-state index contributed by atoms with van der Waals surface area (Å²) in [6, 6.07) is 14.9. The van der Waals surface area contributed by atoms with Gasteiger partial charge in [-0.2, -0.15) is 5.26 Å². The molecule has 0 spiro atoms. The van der Waals surface area contributed by atoms with Crippen molar-refractivity contribution >= 4 is 17.4 Å². The first-order valence-electron chi connectivity index (χ1n) is 6.60. The molecule has 0 saturated heterocycles. The third kappa shape index (κ3) is 4.05. The molecule has 21 heavy (non-hydrogen) atoms. The first-order valence-corrected chi connectivity index (χ1v) is 6.60. The third-order valence-electron chi connectivity index (χ3n) is 2.94. The Morgan fingerprint density at radius 2 is 2.05 bits per heavy atom. The van der Waals surface area contributed by atoms with Crippen LogP contribution < -0.4 is 10.6 Å². The van der Waals surface area contributed by atoms with Crippen molar-refractivity contribution < 1.29 is 4.79 Å². The van der Waals surface area contributed by atoms with Crippen LogP contribution in [0.25, 0.3) is 0 Å². The van der Waals surface area contributed by atoms with E-state index in [4.69, 9.17) is 5.26 Å². The summed E-state index contributed by atoms with van der Waals surface area (Å²) in [5.74, 6) is 0.544. The number of aromatic nitrogens is 1. The number of carbonyl (C=O) groups is 1. The molecule has 0 fully saturated rings. The summed E-state index contributed by atoms with van der Waals surface area (Å²) in [7, 11) is 0. The summed E-state index contributed by atoms with van der Waals surface area (Å²) in [6.45, 7) is 3.47. The molecule has 2 N–H and O–H groups in total. The van der Waals surface area contributed by atoms with Crippen LogP contribution >= 0.6 is 0 Å². The van der Waals surface area contributed by atoms with Crippen molar-refractivity contribution in [3.05, 3.63) is 53.7 Å². The standard InChI is InChI=1S/C16H16N4O/c1-11(18-16-8-4-7-15(10-17)20-16)13-5-3-6-14(9-13)19-12(2)21/h3-9,11H,1-2H3,(H,18,20)(H,19,21). The van der Waals surface area contributed by atoms with Gasteiger partial charge in [0.25, 0.3) is 0 Å². The van der Waals surface area contributed by atoms with E-state index in [1.54, 1.807) is 12.1 Å². The average molecular weight is 280 g/mol. The number of anilines is 2. The zero-order valence-electron chi connectivity index (χ0n) is 11.9. The lowest BCUT2D eigenvalue weighted by Crippen LogP contribution is -2.10. The topological polar surface area (TPSA) is 77.8 Å². The fourth-order valence-electron chi connectivity index (χ4n) is 1.97. The van der Waals surface area contributed by atoms with Gasteiger partial charge in [-0.25, -0.2) is 4.98 Å². The van der Waals surface area contributed by atoms with Gasteiger partial charge in [-0.3, -0.25) is 4.79 Å². The smallest absolute Gasteiger partial charge is 0.221 e. The second-order valence-electron chi connectivity index (χ2n) is 4.69. The summed E-state index contributed by atoms with van der Waals surface area (Å²) in [4.78, 5) is 15.3. The van der Waals surface area contributed by atoms with Crippen LogP contribution in [0.1, 0.15) is 31.1 Å².